The zero-order chi connectivity index (χ0) is 30.6. The summed E-state index contributed by atoms with van der Waals surface area (Å²) in [5.41, 5.74) is 8.92. The van der Waals surface area contributed by atoms with Gasteiger partial charge < -0.3 is 14.0 Å². The third-order valence-electron chi connectivity index (χ3n) is 8.32. The molecule has 0 saturated heterocycles. The summed E-state index contributed by atoms with van der Waals surface area (Å²) in [5, 5.41) is 3.41. The molecule has 224 valence electrons. The number of carbonyl (C=O) groups is 1. The highest BCUT2D eigenvalue weighted by atomic mass is 35.5. The van der Waals surface area contributed by atoms with E-state index in [2.05, 4.69) is 46.8 Å². The number of aromatic nitrogens is 2. The van der Waals surface area contributed by atoms with Crippen molar-refractivity contribution >= 4 is 40.0 Å². The number of fused-ring (bicyclic) bond motifs is 1. The van der Waals surface area contributed by atoms with Crippen LogP contribution in [-0.4, -0.2) is 22.8 Å². The molecule has 0 radical (unpaired) electrons. The van der Waals surface area contributed by atoms with Crippen LogP contribution in [0.4, 0.5) is 10.5 Å². The van der Waals surface area contributed by atoms with Crippen molar-refractivity contribution in [2.24, 2.45) is 0 Å². The number of hydrogen-bond donors (Lipinski definition) is 1. The minimum Gasteiger partial charge on any atom is -0.489 e. The number of hydrogen-bond acceptors (Lipinski definition) is 4. The van der Waals surface area contributed by atoms with Gasteiger partial charge in [0.05, 0.1) is 18.1 Å². The predicted octanol–water partition coefficient (Wildman–Crippen LogP) is 10.3. The molecule has 0 bridgehead atoms. The van der Waals surface area contributed by atoms with Crippen molar-refractivity contribution in [1.82, 2.24) is 9.55 Å². The van der Waals surface area contributed by atoms with Gasteiger partial charge in [0.1, 0.15) is 18.2 Å². The van der Waals surface area contributed by atoms with Gasteiger partial charge in [0.2, 0.25) is 0 Å². The van der Waals surface area contributed by atoms with Crippen LogP contribution in [0.25, 0.3) is 39.1 Å². The van der Waals surface area contributed by atoms with Crippen LogP contribution >= 0.6 is 11.6 Å². The Morgan fingerprint density at radius 2 is 1.68 bits per heavy atom. The molecule has 1 aromatic heterocycles. The second kappa shape index (κ2) is 13.0. The first-order chi connectivity index (χ1) is 21.4. The van der Waals surface area contributed by atoms with E-state index in [9.17, 15) is 4.79 Å². The molecule has 1 aliphatic rings. The molecular weight excluding hydrogens is 570 g/mol. The van der Waals surface area contributed by atoms with Gasteiger partial charge in [-0.3, -0.25) is 5.32 Å². The van der Waals surface area contributed by atoms with Gasteiger partial charge in [-0.15, -0.1) is 0 Å². The highest BCUT2D eigenvalue weighted by Gasteiger charge is 2.22. The van der Waals surface area contributed by atoms with Gasteiger partial charge in [0.25, 0.3) is 0 Å². The van der Waals surface area contributed by atoms with Gasteiger partial charge in [0.15, 0.2) is 0 Å². The lowest BCUT2D eigenvalue weighted by molar-refractivity contribution is 0.187. The topological polar surface area (TPSA) is 65.4 Å². The Morgan fingerprint density at radius 1 is 0.955 bits per heavy atom. The number of benzene rings is 4. The standard InChI is InChI=1S/C37H36ClN3O3/c1-24(2)27-13-20-35-34(22-27)40-36(41(35)31-7-5-4-6-8-31)26-11-17-32(18-12-26)44-23-28-21-30(39-37(42)43-3)16-19-33(28)25-9-14-29(38)15-10-25/h9-22,31H,1,4-8,23H2,2-3H3,(H,39,42). The number of nitrogens with one attached hydrogen (secondary N) is 1. The zero-order valence-electron chi connectivity index (χ0n) is 25.1. The molecule has 1 amide bonds. The fourth-order valence-electron chi connectivity index (χ4n) is 6.01. The number of allylic oxidation sites excluding steroid dienone is 1. The van der Waals surface area contributed by atoms with E-state index < -0.39 is 6.09 Å². The van der Waals surface area contributed by atoms with Crippen molar-refractivity contribution in [1.29, 1.82) is 0 Å². The predicted molar refractivity (Wildman–Crippen MR) is 179 cm³/mol. The van der Waals surface area contributed by atoms with Crippen LogP contribution < -0.4 is 10.1 Å². The Hall–Kier alpha value is -4.55. The number of nitrogens with zero attached hydrogens (tertiary/aromatic N) is 2. The number of anilines is 1. The number of halogens is 1. The number of carbonyl (C=O) groups excluding carboxylic acids is 1. The number of rotatable bonds is 8. The van der Waals surface area contributed by atoms with Crippen molar-refractivity contribution < 1.29 is 14.3 Å². The van der Waals surface area contributed by atoms with Gasteiger partial charge in [0, 0.05) is 22.3 Å². The van der Waals surface area contributed by atoms with E-state index in [0.717, 1.165) is 50.5 Å². The summed E-state index contributed by atoms with van der Waals surface area (Å²) in [7, 11) is 1.34. The second-order valence-corrected chi connectivity index (χ2v) is 11.8. The fourth-order valence-corrected chi connectivity index (χ4v) is 6.13. The Morgan fingerprint density at radius 3 is 2.39 bits per heavy atom. The normalized spacial score (nSPS) is 13.5. The molecule has 0 aliphatic heterocycles. The maximum Gasteiger partial charge on any atom is 0.411 e. The summed E-state index contributed by atoms with van der Waals surface area (Å²) >= 11 is 6.14. The van der Waals surface area contributed by atoms with E-state index in [1.165, 1.54) is 44.7 Å². The molecule has 44 heavy (non-hydrogen) atoms. The largest absolute Gasteiger partial charge is 0.489 e. The maximum atomic E-state index is 11.9. The third kappa shape index (κ3) is 6.36. The van der Waals surface area contributed by atoms with Crippen molar-refractivity contribution in [2.75, 3.05) is 12.4 Å². The Bertz CT molecular complexity index is 1800. The van der Waals surface area contributed by atoms with E-state index in [4.69, 9.17) is 26.1 Å². The Balaban J connectivity index is 1.29. The first-order valence-corrected chi connectivity index (χ1v) is 15.4. The molecule has 7 heteroatoms. The average Bonchev–Trinajstić information content (AvgIpc) is 3.44. The Labute approximate surface area is 263 Å². The molecular formula is C37H36ClN3O3. The van der Waals surface area contributed by atoms with Crippen LogP contribution in [0.2, 0.25) is 5.02 Å². The quantitative estimate of drug-likeness (QED) is 0.191. The van der Waals surface area contributed by atoms with Gasteiger partial charge in [-0.25, -0.2) is 9.78 Å². The van der Waals surface area contributed by atoms with Crippen molar-refractivity contribution in [3.05, 3.63) is 108 Å². The van der Waals surface area contributed by atoms with Crippen LogP contribution in [0, 0.1) is 0 Å². The summed E-state index contributed by atoms with van der Waals surface area (Å²) in [6.45, 7) is 6.46. The lowest BCUT2D eigenvalue weighted by Gasteiger charge is -2.25. The monoisotopic (exact) mass is 605 g/mol. The van der Waals surface area contributed by atoms with E-state index in [1.807, 2.05) is 61.5 Å². The van der Waals surface area contributed by atoms with Gasteiger partial charge in [-0.05, 0) is 103 Å². The smallest absolute Gasteiger partial charge is 0.411 e. The highest BCUT2D eigenvalue weighted by Crippen LogP contribution is 2.37. The molecule has 1 saturated carbocycles. The number of imidazole rings is 1. The van der Waals surface area contributed by atoms with Crippen molar-refractivity contribution in [3.8, 4) is 28.3 Å². The fraction of sp³-hybridized carbons (Fsp3) is 0.243. The summed E-state index contributed by atoms with van der Waals surface area (Å²) < 4.78 is 13.5. The lowest BCUT2D eigenvalue weighted by atomic mass is 9.94. The summed E-state index contributed by atoms with van der Waals surface area (Å²) in [5.74, 6) is 1.73. The van der Waals surface area contributed by atoms with Gasteiger partial charge in [-0.2, -0.15) is 0 Å². The average molecular weight is 606 g/mol. The summed E-state index contributed by atoms with van der Waals surface area (Å²) in [6, 6.07) is 28.5. The Kier molecular flexibility index (Phi) is 8.71. The van der Waals surface area contributed by atoms with E-state index in [0.29, 0.717) is 23.4 Å². The SMILES string of the molecule is C=C(C)c1ccc2c(c1)nc(-c1ccc(OCc3cc(NC(=O)OC)ccc3-c3ccc(Cl)cc3)cc1)n2C1CCCCC1. The van der Waals surface area contributed by atoms with Crippen LogP contribution in [0.3, 0.4) is 0 Å². The molecule has 1 N–H and O–H groups in total. The van der Waals surface area contributed by atoms with Crippen molar-refractivity contribution in [3.63, 3.8) is 0 Å². The van der Waals surface area contributed by atoms with Crippen molar-refractivity contribution in [2.45, 2.75) is 51.7 Å². The summed E-state index contributed by atoms with van der Waals surface area (Å²) in [6.07, 6.45) is 5.60. The molecule has 6 rings (SSSR count). The molecule has 4 aromatic carbocycles. The molecule has 0 atom stereocenters. The molecule has 1 aliphatic carbocycles. The number of methoxy groups -OCH3 is 1. The molecule has 0 unspecified atom stereocenters. The minimum absolute atomic E-state index is 0.304. The van der Waals surface area contributed by atoms with Gasteiger partial charge >= 0.3 is 6.09 Å². The molecule has 6 nitrogen and oxygen atoms in total. The van der Waals surface area contributed by atoms with Gasteiger partial charge in [-0.1, -0.05) is 67.3 Å². The molecule has 1 heterocycles. The first-order valence-electron chi connectivity index (χ1n) is 15.0. The summed E-state index contributed by atoms with van der Waals surface area (Å²) in [4.78, 5) is 17.0. The van der Waals surface area contributed by atoms with Crippen LogP contribution in [0.15, 0.2) is 91.5 Å². The highest BCUT2D eigenvalue weighted by molar-refractivity contribution is 6.30. The van der Waals surface area contributed by atoms with E-state index >= 15 is 0 Å². The number of amides is 1. The number of ether oxygens (including phenoxy) is 2. The van der Waals surface area contributed by atoms with Crippen LogP contribution in [0.5, 0.6) is 5.75 Å². The first kappa shape index (κ1) is 29.5. The second-order valence-electron chi connectivity index (χ2n) is 11.4. The molecule has 1 fully saturated rings. The zero-order valence-corrected chi connectivity index (χ0v) is 25.9. The minimum atomic E-state index is -0.526. The lowest BCUT2D eigenvalue weighted by Crippen LogP contribution is -2.14. The van der Waals surface area contributed by atoms with Crippen LogP contribution in [0.1, 0.15) is 56.2 Å². The molecule has 5 aromatic rings. The van der Waals surface area contributed by atoms with E-state index in [1.54, 1.807) is 0 Å². The van der Waals surface area contributed by atoms with E-state index in [-0.39, 0.29) is 0 Å². The van der Waals surface area contributed by atoms with Crippen LogP contribution in [-0.2, 0) is 11.3 Å². The molecule has 0 spiro atoms. The third-order valence-corrected chi connectivity index (χ3v) is 8.57. The maximum absolute atomic E-state index is 11.9.